The number of anilines is 2. The van der Waals surface area contributed by atoms with Crippen LogP contribution in [0.5, 0.6) is 0 Å². The van der Waals surface area contributed by atoms with Gasteiger partial charge in [0.25, 0.3) is 0 Å². The number of nitrogens with one attached hydrogen (secondary N) is 2. The smallest absolute Gasteiger partial charge is 0.313 e. The Morgan fingerprint density at radius 2 is 1.69 bits per heavy atom. The van der Waals surface area contributed by atoms with Crippen LogP contribution in [-0.2, 0) is 16.6 Å². The first-order chi connectivity index (χ1) is 16.5. The van der Waals surface area contributed by atoms with Crippen molar-refractivity contribution in [3.05, 3.63) is 71.4 Å². The molecule has 0 aliphatic carbocycles. The third kappa shape index (κ3) is 6.29. The number of aryl methyl sites for hydroxylation is 2. The summed E-state index contributed by atoms with van der Waals surface area (Å²) in [5.74, 6) is 0.294. The molecule has 3 aromatic rings. The second kappa shape index (κ2) is 10.8. The normalized spacial score (nSPS) is 11.4. The maximum atomic E-state index is 13.2. The summed E-state index contributed by atoms with van der Waals surface area (Å²) in [6, 6.07) is 17.0. The number of nitrogens with zero attached hydrogens (tertiary/aromatic N) is 3. The zero-order valence-electron chi connectivity index (χ0n) is 21.8. The fraction of sp³-hybridized carbons (Fsp3) is 0.393. The van der Waals surface area contributed by atoms with Crippen LogP contribution >= 0.6 is 0 Å². The van der Waals surface area contributed by atoms with E-state index in [1.165, 1.54) is 4.90 Å². The summed E-state index contributed by atoms with van der Waals surface area (Å²) in [4.78, 5) is 27.8. The van der Waals surface area contributed by atoms with Gasteiger partial charge in [0.1, 0.15) is 12.4 Å². The molecule has 35 heavy (non-hydrogen) atoms. The molecule has 0 atom stereocenters. The molecule has 3 amide bonds. The van der Waals surface area contributed by atoms with E-state index in [2.05, 4.69) is 31.4 Å². The standard InChI is InChI=1S/C28H37N5O2/c1-8-21-14-10-11-15-22(21)29-27(35)32(19(2)3)18-26(34)30-25-17-24(28(5,6)7)31-33(25)23-16-12-9-13-20(23)4/h9-17,19H,8,18H2,1-7H3,(H,29,35)(H,30,34). The quantitative estimate of drug-likeness (QED) is 0.445. The molecule has 0 bridgehead atoms. The minimum atomic E-state index is -0.307. The van der Waals surface area contributed by atoms with Gasteiger partial charge < -0.3 is 15.5 Å². The molecule has 7 heteroatoms. The van der Waals surface area contributed by atoms with Crippen LogP contribution in [0.15, 0.2) is 54.6 Å². The molecule has 0 unspecified atom stereocenters. The number of rotatable bonds is 7. The van der Waals surface area contributed by atoms with E-state index < -0.39 is 0 Å². The average molecular weight is 476 g/mol. The van der Waals surface area contributed by atoms with Gasteiger partial charge in [-0.25, -0.2) is 9.48 Å². The predicted molar refractivity (Wildman–Crippen MR) is 142 cm³/mol. The number of carbonyl (C=O) groups excluding carboxylic acids is 2. The molecule has 0 aliphatic rings. The Morgan fingerprint density at radius 3 is 2.31 bits per heavy atom. The third-order valence-corrected chi connectivity index (χ3v) is 5.93. The van der Waals surface area contributed by atoms with Crippen LogP contribution in [0.25, 0.3) is 5.69 Å². The van der Waals surface area contributed by atoms with E-state index in [0.29, 0.717) is 5.82 Å². The molecule has 1 heterocycles. The first-order valence-electron chi connectivity index (χ1n) is 12.1. The van der Waals surface area contributed by atoms with Gasteiger partial charge in [-0.2, -0.15) is 5.10 Å². The summed E-state index contributed by atoms with van der Waals surface area (Å²) in [7, 11) is 0. The van der Waals surface area contributed by atoms with Gasteiger partial charge in [0.15, 0.2) is 0 Å². The Hall–Kier alpha value is -3.61. The van der Waals surface area contributed by atoms with Crippen LogP contribution in [0, 0.1) is 6.92 Å². The van der Waals surface area contributed by atoms with Crippen molar-refractivity contribution in [3.63, 3.8) is 0 Å². The summed E-state index contributed by atoms with van der Waals surface area (Å²) in [6.45, 7) is 14.0. The van der Waals surface area contributed by atoms with Gasteiger partial charge >= 0.3 is 6.03 Å². The van der Waals surface area contributed by atoms with E-state index in [-0.39, 0.29) is 29.9 Å². The Morgan fingerprint density at radius 1 is 1.03 bits per heavy atom. The molecule has 186 valence electrons. The second-order valence-electron chi connectivity index (χ2n) is 10.1. The van der Waals surface area contributed by atoms with Crippen molar-refractivity contribution in [2.24, 2.45) is 0 Å². The zero-order valence-corrected chi connectivity index (χ0v) is 21.8. The number of carbonyl (C=O) groups is 2. The van der Waals surface area contributed by atoms with E-state index in [4.69, 9.17) is 5.10 Å². The Balaban J connectivity index is 1.83. The molecule has 0 saturated heterocycles. The summed E-state index contributed by atoms with van der Waals surface area (Å²) in [6.07, 6.45) is 0.803. The highest BCUT2D eigenvalue weighted by atomic mass is 16.2. The summed E-state index contributed by atoms with van der Waals surface area (Å²) >= 11 is 0. The van der Waals surface area contributed by atoms with Crippen LogP contribution in [0.3, 0.4) is 0 Å². The largest absolute Gasteiger partial charge is 0.322 e. The molecule has 0 fully saturated rings. The van der Waals surface area contributed by atoms with Crippen molar-refractivity contribution in [2.45, 2.75) is 66.3 Å². The van der Waals surface area contributed by atoms with Crippen molar-refractivity contribution < 1.29 is 9.59 Å². The Kier molecular flexibility index (Phi) is 7.99. The van der Waals surface area contributed by atoms with E-state index in [0.717, 1.165) is 34.6 Å². The van der Waals surface area contributed by atoms with Gasteiger partial charge in [0.2, 0.25) is 5.91 Å². The highest BCUT2D eigenvalue weighted by Crippen LogP contribution is 2.27. The molecule has 0 radical (unpaired) electrons. The topological polar surface area (TPSA) is 79.3 Å². The number of amides is 3. The van der Waals surface area contributed by atoms with Gasteiger partial charge in [-0.05, 0) is 50.5 Å². The van der Waals surface area contributed by atoms with E-state index in [1.807, 2.05) is 82.3 Å². The lowest BCUT2D eigenvalue weighted by atomic mass is 9.92. The minimum Gasteiger partial charge on any atom is -0.313 e. The summed E-state index contributed by atoms with van der Waals surface area (Å²) in [5, 5.41) is 10.8. The molecule has 2 N–H and O–H groups in total. The third-order valence-electron chi connectivity index (χ3n) is 5.93. The van der Waals surface area contributed by atoms with Gasteiger partial charge in [0, 0.05) is 23.2 Å². The Labute approximate surface area is 208 Å². The number of hydrogen-bond acceptors (Lipinski definition) is 3. The van der Waals surface area contributed by atoms with Crippen molar-refractivity contribution in [1.29, 1.82) is 0 Å². The fourth-order valence-electron chi connectivity index (χ4n) is 3.78. The van der Waals surface area contributed by atoms with Crippen molar-refractivity contribution in [3.8, 4) is 5.69 Å². The van der Waals surface area contributed by atoms with Crippen molar-refractivity contribution in [2.75, 3.05) is 17.2 Å². The molecule has 0 aliphatic heterocycles. The molecule has 7 nitrogen and oxygen atoms in total. The molecular weight excluding hydrogens is 438 g/mol. The van der Waals surface area contributed by atoms with Crippen LogP contribution in [-0.4, -0.2) is 39.2 Å². The van der Waals surface area contributed by atoms with Gasteiger partial charge in [0.05, 0.1) is 11.4 Å². The highest BCUT2D eigenvalue weighted by Gasteiger charge is 2.24. The van der Waals surface area contributed by atoms with E-state index >= 15 is 0 Å². The van der Waals surface area contributed by atoms with Crippen molar-refractivity contribution in [1.82, 2.24) is 14.7 Å². The van der Waals surface area contributed by atoms with E-state index in [9.17, 15) is 9.59 Å². The van der Waals surface area contributed by atoms with Gasteiger partial charge in [-0.1, -0.05) is 64.1 Å². The number of aromatic nitrogens is 2. The number of para-hydroxylation sites is 2. The van der Waals surface area contributed by atoms with Crippen LogP contribution in [0.4, 0.5) is 16.3 Å². The maximum Gasteiger partial charge on any atom is 0.322 e. The first kappa shape index (κ1) is 26.0. The molecular formula is C28H37N5O2. The van der Waals surface area contributed by atoms with Crippen molar-refractivity contribution >= 4 is 23.4 Å². The highest BCUT2D eigenvalue weighted by molar-refractivity contribution is 5.97. The predicted octanol–water partition coefficient (Wildman–Crippen LogP) is 5.92. The average Bonchev–Trinajstić information content (AvgIpc) is 3.21. The summed E-state index contributed by atoms with van der Waals surface area (Å²) < 4.78 is 1.77. The fourth-order valence-corrected chi connectivity index (χ4v) is 3.78. The SMILES string of the molecule is CCc1ccccc1NC(=O)N(CC(=O)Nc1cc(C(C)(C)C)nn1-c1ccccc1C)C(C)C. The maximum absolute atomic E-state index is 13.2. The van der Waals surface area contributed by atoms with E-state index in [1.54, 1.807) is 4.68 Å². The summed E-state index contributed by atoms with van der Waals surface area (Å²) in [5.41, 5.74) is 4.43. The molecule has 2 aromatic carbocycles. The number of urea groups is 1. The first-order valence-corrected chi connectivity index (χ1v) is 12.1. The Bertz CT molecular complexity index is 1190. The number of benzene rings is 2. The molecule has 0 saturated carbocycles. The lowest BCUT2D eigenvalue weighted by molar-refractivity contribution is -0.117. The monoisotopic (exact) mass is 475 g/mol. The molecule has 1 aromatic heterocycles. The number of hydrogen-bond donors (Lipinski definition) is 2. The van der Waals surface area contributed by atoms with Gasteiger partial charge in [-0.3, -0.25) is 4.79 Å². The van der Waals surface area contributed by atoms with Crippen LogP contribution < -0.4 is 10.6 Å². The van der Waals surface area contributed by atoms with Gasteiger partial charge in [-0.15, -0.1) is 0 Å². The lowest BCUT2D eigenvalue weighted by Gasteiger charge is -2.27. The lowest BCUT2D eigenvalue weighted by Crippen LogP contribution is -2.44. The minimum absolute atomic E-state index is 0.0818. The van der Waals surface area contributed by atoms with Crippen LogP contribution in [0.1, 0.15) is 58.4 Å². The molecule has 3 rings (SSSR count). The molecule has 0 spiro atoms. The second-order valence-corrected chi connectivity index (χ2v) is 10.1. The zero-order chi connectivity index (χ0) is 25.8. The van der Waals surface area contributed by atoms with Crippen LogP contribution in [0.2, 0.25) is 0 Å².